The Kier molecular flexibility index (Phi) is 9.86. The lowest BCUT2D eigenvalue weighted by atomic mass is 9.88. The SMILES string of the molecule is C=C1CCCCCSC2=C1CCN(c1cccc(-c3cn(C)c(=O)c(Nc4ccc(C5CCN(C6COC6)CC5)cc4)n3)c1CO)C2=O. The lowest BCUT2D eigenvalue weighted by molar-refractivity contribution is -0.114. The molecule has 2 aromatic carbocycles. The van der Waals surface area contributed by atoms with Gasteiger partial charge in [0, 0.05) is 36.6 Å². The number of carbonyl (C=O) groups excluding carboxylic acids is 1. The average Bonchev–Trinajstić information content (AvgIpc) is 3.17. The highest BCUT2D eigenvalue weighted by Gasteiger charge is 2.32. The van der Waals surface area contributed by atoms with Crippen LogP contribution in [0.2, 0.25) is 0 Å². The van der Waals surface area contributed by atoms with Crippen LogP contribution < -0.4 is 15.8 Å². The minimum absolute atomic E-state index is 0.0334. The van der Waals surface area contributed by atoms with Gasteiger partial charge in [0.2, 0.25) is 0 Å². The molecule has 0 radical (unpaired) electrons. The van der Waals surface area contributed by atoms with Gasteiger partial charge in [-0.25, -0.2) is 4.98 Å². The number of thioether (sulfide) groups is 1. The minimum atomic E-state index is -0.275. The number of piperidine rings is 1. The molecule has 4 aliphatic heterocycles. The monoisotopic (exact) mass is 667 g/mol. The summed E-state index contributed by atoms with van der Waals surface area (Å²) in [7, 11) is 1.70. The molecule has 0 spiro atoms. The predicted octanol–water partition coefficient (Wildman–Crippen LogP) is 6.12. The fourth-order valence-electron chi connectivity index (χ4n) is 7.41. The first kappa shape index (κ1) is 32.8. The van der Waals surface area contributed by atoms with E-state index in [1.165, 1.54) is 10.1 Å². The number of nitrogens with zero attached hydrogens (tertiary/aromatic N) is 4. The van der Waals surface area contributed by atoms with Crippen molar-refractivity contribution in [3.63, 3.8) is 0 Å². The van der Waals surface area contributed by atoms with Gasteiger partial charge in [-0.3, -0.25) is 14.5 Å². The van der Waals surface area contributed by atoms with Crippen molar-refractivity contribution in [3.05, 3.63) is 92.8 Å². The van der Waals surface area contributed by atoms with Gasteiger partial charge in [0.1, 0.15) is 0 Å². The lowest BCUT2D eigenvalue weighted by Crippen LogP contribution is -2.51. The zero-order chi connectivity index (χ0) is 33.2. The van der Waals surface area contributed by atoms with E-state index in [0.717, 1.165) is 98.7 Å². The largest absolute Gasteiger partial charge is 0.392 e. The van der Waals surface area contributed by atoms with Crippen molar-refractivity contribution < 1.29 is 14.6 Å². The van der Waals surface area contributed by atoms with Crippen LogP contribution in [0.1, 0.15) is 62.0 Å². The number of ether oxygens (including phenoxy) is 1. The molecule has 1 amide bonds. The van der Waals surface area contributed by atoms with Crippen molar-refractivity contribution in [3.8, 4) is 11.3 Å². The van der Waals surface area contributed by atoms with Gasteiger partial charge in [0.05, 0.1) is 42.1 Å². The molecule has 1 aromatic heterocycles. The maximum absolute atomic E-state index is 14.0. The summed E-state index contributed by atoms with van der Waals surface area (Å²) in [4.78, 5) is 37.1. The highest BCUT2D eigenvalue weighted by atomic mass is 32.2. The van der Waals surface area contributed by atoms with Crippen molar-refractivity contribution in [1.82, 2.24) is 14.5 Å². The Labute approximate surface area is 286 Å². The van der Waals surface area contributed by atoms with Crippen LogP contribution in [0.3, 0.4) is 0 Å². The molecular weight excluding hydrogens is 623 g/mol. The summed E-state index contributed by atoms with van der Waals surface area (Å²) in [6, 6.07) is 14.6. The smallest absolute Gasteiger partial charge is 0.293 e. The molecule has 0 unspecified atom stereocenters. The van der Waals surface area contributed by atoms with Crippen LogP contribution in [0.4, 0.5) is 17.2 Å². The number of likely N-dealkylation sites (tertiary alicyclic amines) is 1. The van der Waals surface area contributed by atoms with Crippen LogP contribution >= 0.6 is 11.8 Å². The molecular formula is C38H45N5O4S. The van der Waals surface area contributed by atoms with Crippen LogP contribution in [-0.4, -0.2) is 70.1 Å². The Balaban J connectivity index is 1.12. The standard InChI is InChI=1S/C38H45N5O4S/c1-25-7-4-3-5-20-48-35-30(25)16-19-43(37(35)45)34-9-6-8-31(32(34)22-44)33-21-41(2)38(46)36(40-33)39-28-12-10-26(11-13-28)27-14-17-42(18-15-27)29-23-47-24-29/h6,8-13,21,27,29,44H,1,3-5,7,14-20,22-24H2,2H3,(H,39,40). The number of hydrogen-bond acceptors (Lipinski definition) is 8. The molecule has 9 nitrogen and oxygen atoms in total. The quantitative estimate of drug-likeness (QED) is 0.311. The number of rotatable bonds is 7. The van der Waals surface area contributed by atoms with E-state index in [-0.39, 0.29) is 23.9 Å². The molecule has 0 saturated carbocycles. The van der Waals surface area contributed by atoms with E-state index in [9.17, 15) is 14.7 Å². The number of carbonyl (C=O) groups is 1. The number of hydrogen-bond donors (Lipinski definition) is 2. The molecule has 5 heterocycles. The molecule has 2 saturated heterocycles. The Morgan fingerprint density at radius 2 is 1.81 bits per heavy atom. The van der Waals surface area contributed by atoms with Gasteiger partial charge >= 0.3 is 0 Å². The number of benzene rings is 2. The van der Waals surface area contributed by atoms with E-state index in [1.54, 1.807) is 29.9 Å². The van der Waals surface area contributed by atoms with E-state index < -0.39 is 0 Å². The van der Waals surface area contributed by atoms with Crippen LogP contribution in [0, 0.1) is 0 Å². The third-order valence-electron chi connectivity index (χ3n) is 10.4. The highest BCUT2D eigenvalue weighted by molar-refractivity contribution is 8.04. The summed E-state index contributed by atoms with van der Waals surface area (Å²) >= 11 is 1.64. The summed E-state index contributed by atoms with van der Waals surface area (Å²) in [6.45, 7) is 8.49. The number of aryl methyl sites for hydroxylation is 1. The van der Waals surface area contributed by atoms with E-state index >= 15 is 0 Å². The van der Waals surface area contributed by atoms with Crippen molar-refractivity contribution in [2.24, 2.45) is 7.05 Å². The summed E-state index contributed by atoms with van der Waals surface area (Å²) < 4.78 is 6.89. The molecule has 0 aliphatic carbocycles. The Bertz CT molecular complexity index is 1770. The van der Waals surface area contributed by atoms with Crippen LogP contribution in [-0.2, 0) is 23.2 Å². The van der Waals surface area contributed by atoms with Gasteiger partial charge in [-0.2, -0.15) is 0 Å². The molecule has 2 fully saturated rings. The maximum Gasteiger partial charge on any atom is 0.293 e. The van der Waals surface area contributed by atoms with Gasteiger partial charge < -0.3 is 24.6 Å². The predicted molar refractivity (Wildman–Crippen MR) is 193 cm³/mol. The highest BCUT2D eigenvalue weighted by Crippen LogP contribution is 2.40. The lowest BCUT2D eigenvalue weighted by Gasteiger charge is -2.41. The molecule has 4 aliphatic rings. The zero-order valence-corrected chi connectivity index (χ0v) is 28.6. The second-order valence-corrected chi connectivity index (χ2v) is 14.5. The second kappa shape index (κ2) is 14.4. The number of amides is 1. The number of aromatic nitrogens is 2. The summed E-state index contributed by atoms with van der Waals surface area (Å²) in [5, 5.41) is 14.0. The van der Waals surface area contributed by atoms with E-state index in [0.29, 0.717) is 41.0 Å². The molecule has 0 atom stereocenters. The summed E-state index contributed by atoms with van der Waals surface area (Å²) in [6.07, 6.45) is 8.96. The van der Waals surface area contributed by atoms with E-state index in [1.807, 2.05) is 30.3 Å². The average molecular weight is 668 g/mol. The first-order valence-corrected chi connectivity index (χ1v) is 18.3. The second-order valence-electron chi connectivity index (χ2n) is 13.4. The van der Waals surface area contributed by atoms with Crippen molar-refractivity contribution in [1.29, 1.82) is 0 Å². The molecule has 0 bridgehead atoms. The van der Waals surface area contributed by atoms with Gasteiger partial charge in [-0.05, 0) is 92.6 Å². The normalized spacial score (nSPS) is 20.2. The van der Waals surface area contributed by atoms with E-state index in [4.69, 9.17) is 9.72 Å². The van der Waals surface area contributed by atoms with Crippen molar-refractivity contribution in [2.45, 2.75) is 63.5 Å². The molecule has 7 rings (SSSR count). The number of nitrogens with one attached hydrogen (secondary N) is 1. The van der Waals surface area contributed by atoms with Gasteiger partial charge in [0.25, 0.3) is 11.5 Å². The number of allylic oxidation sites excluding steroid dienone is 1. The molecule has 3 aromatic rings. The summed E-state index contributed by atoms with van der Waals surface area (Å²) in [5.74, 6) is 1.61. The Morgan fingerprint density at radius 3 is 2.54 bits per heavy atom. The van der Waals surface area contributed by atoms with Crippen LogP contribution in [0.25, 0.3) is 11.3 Å². The third kappa shape index (κ3) is 6.63. The van der Waals surface area contributed by atoms with Gasteiger partial charge in [0.15, 0.2) is 5.82 Å². The fourth-order valence-corrected chi connectivity index (χ4v) is 8.61. The Morgan fingerprint density at radius 1 is 1.02 bits per heavy atom. The van der Waals surface area contributed by atoms with Gasteiger partial charge in [-0.15, -0.1) is 11.8 Å². The molecule has 10 heteroatoms. The zero-order valence-electron chi connectivity index (χ0n) is 27.7. The van der Waals surface area contributed by atoms with Crippen molar-refractivity contribution >= 4 is 34.9 Å². The minimum Gasteiger partial charge on any atom is -0.392 e. The first-order valence-electron chi connectivity index (χ1n) is 17.3. The fraction of sp³-hybridized carbons (Fsp3) is 0.447. The van der Waals surface area contributed by atoms with Crippen LogP contribution in [0.5, 0.6) is 0 Å². The first-order chi connectivity index (χ1) is 23.4. The molecule has 2 N–H and O–H groups in total. The number of aliphatic hydroxyl groups excluding tert-OH is 1. The number of anilines is 3. The molecule has 252 valence electrons. The Hall–Kier alpha value is -3.70. The number of aliphatic hydroxyl groups is 1. The topological polar surface area (TPSA) is 99.9 Å². The summed E-state index contributed by atoms with van der Waals surface area (Å²) in [5.41, 5.74) is 6.54. The van der Waals surface area contributed by atoms with Crippen molar-refractivity contribution in [2.75, 3.05) is 48.8 Å². The third-order valence-corrected chi connectivity index (χ3v) is 11.6. The van der Waals surface area contributed by atoms with E-state index in [2.05, 4.69) is 28.9 Å². The van der Waals surface area contributed by atoms with Gasteiger partial charge in [-0.1, -0.05) is 42.8 Å². The van der Waals surface area contributed by atoms with Crippen LogP contribution in [0.15, 0.2) is 76.1 Å². The molecule has 48 heavy (non-hydrogen) atoms. The maximum atomic E-state index is 14.0.